The fourth-order valence-corrected chi connectivity index (χ4v) is 4.77. The summed E-state index contributed by atoms with van der Waals surface area (Å²) in [5, 5.41) is 14.5. The number of carbonyl (C=O) groups is 2. The molecule has 0 aliphatic heterocycles. The molecule has 4 rings (SSSR count). The standard InChI is InChI=1S/C28H34N4O3/c1-19(2)32(27(33)22-12-7-20(3)8-13-22)26-25(28(34)35)18-31(30-26)24-15-10-21(11-16-24)9-14-23-6-4-5-17-29-23/h4-6,10-11,15-20,22H,7-9,12-14H2,1-3H3,(H,34,35). The van der Waals surface area contributed by atoms with Crippen molar-refractivity contribution in [1.29, 1.82) is 0 Å². The number of carbonyl (C=O) groups excluding carboxylic acids is 1. The molecule has 1 aromatic carbocycles. The molecule has 0 spiro atoms. The summed E-state index contributed by atoms with van der Waals surface area (Å²) in [7, 11) is 0. The Balaban J connectivity index is 1.56. The molecule has 7 nitrogen and oxygen atoms in total. The van der Waals surface area contributed by atoms with Gasteiger partial charge in [0.2, 0.25) is 5.91 Å². The number of nitrogens with zero attached hydrogens (tertiary/aromatic N) is 4. The Kier molecular flexibility index (Phi) is 7.63. The van der Waals surface area contributed by atoms with Crippen molar-refractivity contribution in [3.63, 3.8) is 0 Å². The third-order valence-corrected chi connectivity index (χ3v) is 6.87. The van der Waals surface area contributed by atoms with Crippen molar-refractivity contribution in [2.45, 2.75) is 65.3 Å². The number of aromatic carboxylic acids is 1. The van der Waals surface area contributed by atoms with Crippen LogP contribution in [0.5, 0.6) is 0 Å². The molecule has 1 N–H and O–H groups in total. The number of pyridine rings is 1. The monoisotopic (exact) mass is 474 g/mol. The first-order valence-electron chi connectivity index (χ1n) is 12.5. The molecule has 0 radical (unpaired) electrons. The van der Waals surface area contributed by atoms with Crippen LogP contribution in [0.15, 0.2) is 54.9 Å². The molecule has 184 valence electrons. The van der Waals surface area contributed by atoms with Gasteiger partial charge in [0, 0.05) is 30.0 Å². The van der Waals surface area contributed by atoms with E-state index in [0.29, 0.717) is 5.92 Å². The maximum absolute atomic E-state index is 13.5. The molecule has 7 heteroatoms. The lowest BCUT2D eigenvalue weighted by Gasteiger charge is -2.32. The lowest BCUT2D eigenvalue weighted by Crippen LogP contribution is -2.43. The van der Waals surface area contributed by atoms with Gasteiger partial charge in [-0.15, -0.1) is 5.10 Å². The van der Waals surface area contributed by atoms with Gasteiger partial charge in [-0.2, -0.15) is 0 Å². The van der Waals surface area contributed by atoms with E-state index in [9.17, 15) is 14.7 Å². The lowest BCUT2D eigenvalue weighted by atomic mass is 9.82. The number of carboxylic acids is 1. The molecular weight excluding hydrogens is 440 g/mol. The van der Waals surface area contributed by atoms with Gasteiger partial charge in [-0.25, -0.2) is 9.48 Å². The fraction of sp³-hybridized carbons (Fsp3) is 0.429. The van der Waals surface area contributed by atoms with Crippen molar-refractivity contribution in [3.05, 3.63) is 71.7 Å². The zero-order valence-electron chi connectivity index (χ0n) is 20.7. The Bertz CT molecular complexity index is 1150. The molecule has 2 aromatic heterocycles. The summed E-state index contributed by atoms with van der Waals surface area (Å²) >= 11 is 0. The Morgan fingerprint density at radius 2 is 1.77 bits per heavy atom. The summed E-state index contributed by atoms with van der Waals surface area (Å²) < 4.78 is 1.56. The SMILES string of the molecule is CC1CCC(C(=O)N(c2nn(-c3ccc(CCc4ccccn4)cc3)cc2C(=O)O)C(C)C)CC1. The van der Waals surface area contributed by atoms with Gasteiger partial charge < -0.3 is 5.11 Å². The maximum Gasteiger partial charge on any atom is 0.341 e. The van der Waals surface area contributed by atoms with Gasteiger partial charge in [-0.1, -0.05) is 25.1 Å². The van der Waals surface area contributed by atoms with Crippen molar-refractivity contribution in [3.8, 4) is 5.69 Å². The van der Waals surface area contributed by atoms with Crippen molar-refractivity contribution < 1.29 is 14.7 Å². The van der Waals surface area contributed by atoms with Crippen LogP contribution < -0.4 is 4.90 Å². The zero-order chi connectivity index (χ0) is 24.9. The molecule has 0 atom stereocenters. The number of rotatable bonds is 8. The van der Waals surface area contributed by atoms with E-state index in [1.165, 1.54) is 6.20 Å². The third kappa shape index (κ3) is 5.78. The van der Waals surface area contributed by atoms with Gasteiger partial charge in [0.1, 0.15) is 5.56 Å². The first-order chi connectivity index (χ1) is 16.8. The number of benzene rings is 1. The average molecular weight is 475 g/mol. The highest BCUT2D eigenvalue weighted by Crippen LogP contribution is 2.32. The van der Waals surface area contributed by atoms with E-state index in [-0.39, 0.29) is 29.2 Å². The molecule has 2 heterocycles. The molecule has 1 aliphatic rings. The van der Waals surface area contributed by atoms with Crippen LogP contribution >= 0.6 is 0 Å². The number of anilines is 1. The smallest absolute Gasteiger partial charge is 0.341 e. The minimum atomic E-state index is -1.09. The molecule has 0 bridgehead atoms. The van der Waals surface area contributed by atoms with Gasteiger partial charge in [0.05, 0.1) is 5.69 Å². The third-order valence-electron chi connectivity index (χ3n) is 6.87. The number of amides is 1. The van der Waals surface area contributed by atoms with E-state index >= 15 is 0 Å². The highest BCUT2D eigenvalue weighted by molar-refractivity contribution is 6.01. The molecule has 3 aromatic rings. The van der Waals surface area contributed by atoms with E-state index in [1.807, 2.05) is 56.3 Å². The molecule has 1 amide bonds. The molecular formula is C28H34N4O3. The summed E-state index contributed by atoms with van der Waals surface area (Å²) in [6.07, 6.45) is 8.74. The van der Waals surface area contributed by atoms with Crippen LogP contribution in [0, 0.1) is 11.8 Å². The summed E-state index contributed by atoms with van der Waals surface area (Å²) in [6.45, 7) is 6.03. The zero-order valence-corrected chi connectivity index (χ0v) is 20.7. The van der Waals surface area contributed by atoms with Gasteiger partial charge in [-0.05, 0) is 88.1 Å². The number of aromatic nitrogens is 3. The maximum atomic E-state index is 13.5. The summed E-state index contributed by atoms with van der Waals surface area (Å²) in [6, 6.07) is 13.6. The quantitative estimate of drug-likeness (QED) is 0.477. The second-order valence-electron chi connectivity index (χ2n) is 9.86. The van der Waals surface area contributed by atoms with E-state index < -0.39 is 5.97 Å². The Morgan fingerprint density at radius 1 is 1.06 bits per heavy atom. The first-order valence-corrected chi connectivity index (χ1v) is 12.5. The summed E-state index contributed by atoms with van der Waals surface area (Å²) in [5.74, 6) is -0.347. The second kappa shape index (κ2) is 10.8. The normalized spacial score (nSPS) is 17.9. The van der Waals surface area contributed by atoms with E-state index in [1.54, 1.807) is 15.8 Å². The van der Waals surface area contributed by atoms with Crippen LogP contribution in [0.1, 0.15) is 68.1 Å². The van der Waals surface area contributed by atoms with Crippen molar-refractivity contribution in [1.82, 2.24) is 14.8 Å². The van der Waals surface area contributed by atoms with Gasteiger partial charge in [0.15, 0.2) is 5.82 Å². The van der Waals surface area contributed by atoms with Crippen molar-refractivity contribution in [2.75, 3.05) is 4.90 Å². The largest absolute Gasteiger partial charge is 0.477 e. The minimum Gasteiger partial charge on any atom is -0.477 e. The van der Waals surface area contributed by atoms with E-state index in [0.717, 1.165) is 55.5 Å². The van der Waals surface area contributed by atoms with E-state index in [2.05, 4.69) is 17.0 Å². The van der Waals surface area contributed by atoms with Crippen LogP contribution in [-0.4, -0.2) is 37.8 Å². The molecule has 1 saturated carbocycles. The van der Waals surface area contributed by atoms with Crippen LogP contribution in [0.4, 0.5) is 5.82 Å². The topological polar surface area (TPSA) is 88.3 Å². The Labute approximate surface area is 206 Å². The summed E-state index contributed by atoms with van der Waals surface area (Å²) in [5.41, 5.74) is 3.00. The number of aryl methyl sites for hydroxylation is 2. The summed E-state index contributed by atoms with van der Waals surface area (Å²) in [4.78, 5) is 31.5. The predicted octanol–water partition coefficient (Wildman–Crippen LogP) is 5.32. The highest BCUT2D eigenvalue weighted by Gasteiger charge is 2.34. The molecule has 0 unspecified atom stereocenters. The predicted molar refractivity (Wildman–Crippen MR) is 136 cm³/mol. The number of hydrogen-bond donors (Lipinski definition) is 1. The Hall–Kier alpha value is -3.48. The van der Waals surface area contributed by atoms with Gasteiger partial charge in [-0.3, -0.25) is 14.7 Å². The van der Waals surface area contributed by atoms with Crippen molar-refractivity contribution in [2.24, 2.45) is 11.8 Å². The van der Waals surface area contributed by atoms with Crippen LogP contribution in [0.2, 0.25) is 0 Å². The minimum absolute atomic E-state index is 0.0236. The van der Waals surface area contributed by atoms with Gasteiger partial charge >= 0.3 is 5.97 Å². The van der Waals surface area contributed by atoms with Crippen LogP contribution in [0.3, 0.4) is 0 Å². The molecule has 0 saturated heterocycles. The number of carboxylic acid groups (broad SMARTS) is 1. The average Bonchev–Trinajstić information content (AvgIpc) is 3.29. The lowest BCUT2D eigenvalue weighted by molar-refractivity contribution is -0.123. The van der Waals surface area contributed by atoms with Gasteiger partial charge in [0.25, 0.3) is 0 Å². The highest BCUT2D eigenvalue weighted by atomic mass is 16.4. The van der Waals surface area contributed by atoms with E-state index in [4.69, 9.17) is 0 Å². The molecule has 1 fully saturated rings. The van der Waals surface area contributed by atoms with Crippen molar-refractivity contribution >= 4 is 17.7 Å². The molecule has 35 heavy (non-hydrogen) atoms. The van der Waals surface area contributed by atoms with Crippen LogP contribution in [0.25, 0.3) is 5.69 Å². The second-order valence-corrected chi connectivity index (χ2v) is 9.86. The number of hydrogen-bond acceptors (Lipinski definition) is 4. The first kappa shape index (κ1) is 24.6. The Morgan fingerprint density at radius 3 is 2.37 bits per heavy atom. The fourth-order valence-electron chi connectivity index (χ4n) is 4.77. The van der Waals surface area contributed by atoms with Crippen LogP contribution in [-0.2, 0) is 17.6 Å². The molecule has 1 aliphatic carbocycles.